The standard InChI is InChI=1S/C21H26N2O5S/c1-5-15(2)23-29(25,26)18-10-8-17(9-11-18)22-21(24)13-7-16-6-12-19(27-3)20(14-16)28-4/h6-15,23H,5H2,1-4H3,(H,22,24)/b13-7+. The third-order valence-electron chi connectivity index (χ3n) is 4.24. The molecule has 1 amide bonds. The SMILES string of the molecule is CCC(C)NS(=O)(=O)c1ccc(NC(=O)/C=C/c2ccc(OC)c(OC)c2)cc1. The maximum absolute atomic E-state index is 12.3. The third-order valence-corrected chi connectivity index (χ3v) is 5.84. The van der Waals surface area contributed by atoms with Gasteiger partial charge in [-0.25, -0.2) is 13.1 Å². The number of nitrogens with one attached hydrogen (secondary N) is 2. The highest BCUT2D eigenvalue weighted by molar-refractivity contribution is 7.89. The van der Waals surface area contributed by atoms with Crippen LogP contribution in [0, 0.1) is 0 Å². The average Bonchev–Trinajstić information content (AvgIpc) is 2.72. The van der Waals surface area contributed by atoms with Gasteiger partial charge < -0.3 is 14.8 Å². The lowest BCUT2D eigenvalue weighted by Gasteiger charge is -2.12. The van der Waals surface area contributed by atoms with Gasteiger partial charge in [0, 0.05) is 17.8 Å². The number of hydrogen-bond donors (Lipinski definition) is 2. The normalized spacial score (nSPS) is 12.6. The van der Waals surface area contributed by atoms with E-state index in [2.05, 4.69) is 10.0 Å². The van der Waals surface area contributed by atoms with Crippen molar-refractivity contribution in [2.75, 3.05) is 19.5 Å². The molecule has 0 saturated heterocycles. The monoisotopic (exact) mass is 418 g/mol. The molecule has 0 saturated carbocycles. The molecule has 1 atom stereocenters. The van der Waals surface area contributed by atoms with E-state index in [1.54, 1.807) is 57.6 Å². The van der Waals surface area contributed by atoms with Gasteiger partial charge in [0.2, 0.25) is 15.9 Å². The van der Waals surface area contributed by atoms with Gasteiger partial charge in [-0.05, 0) is 61.4 Å². The summed E-state index contributed by atoms with van der Waals surface area (Å²) in [6.07, 6.45) is 3.72. The zero-order valence-corrected chi connectivity index (χ0v) is 17.7. The van der Waals surface area contributed by atoms with E-state index in [4.69, 9.17) is 9.47 Å². The van der Waals surface area contributed by atoms with Gasteiger partial charge >= 0.3 is 0 Å². The number of sulfonamides is 1. The Morgan fingerprint density at radius 3 is 2.31 bits per heavy atom. The summed E-state index contributed by atoms with van der Waals surface area (Å²) in [5.41, 5.74) is 1.27. The molecule has 2 rings (SSSR count). The fourth-order valence-electron chi connectivity index (χ4n) is 2.45. The lowest BCUT2D eigenvalue weighted by atomic mass is 10.2. The number of carbonyl (C=O) groups excluding carboxylic acids is 1. The van der Waals surface area contributed by atoms with Gasteiger partial charge in [0.15, 0.2) is 11.5 Å². The summed E-state index contributed by atoms with van der Waals surface area (Å²) in [7, 11) is -0.479. The number of amides is 1. The van der Waals surface area contributed by atoms with Crippen molar-refractivity contribution in [2.24, 2.45) is 0 Å². The van der Waals surface area contributed by atoms with Gasteiger partial charge in [0.1, 0.15) is 0 Å². The third kappa shape index (κ3) is 6.33. The second-order valence-electron chi connectivity index (χ2n) is 6.39. The molecule has 2 N–H and O–H groups in total. The van der Waals surface area contributed by atoms with Crippen molar-refractivity contribution in [1.29, 1.82) is 0 Å². The lowest BCUT2D eigenvalue weighted by molar-refractivity contribution is -0.111. The Bertz CT molecular complexity index is 969. The van der Waals surface area contributed by atoms with Crippen LogP contribution in [0.5, 0.6) is 11.5 Å². The molecule has 0 aromatic heterocycles. The van der Waals surface area contributed by atoms with Crippen LogP contribution in [0.25, 0.3) is 6.08 Å². The summed E-state index contributed by atoms with van der Waals surface area (Å²) >= 11 is 0. The highest BCUT2D eigenvalue weighted by Gasteiger charge is 2.16. The van der Waals surface area contributed by atoms with E-state index < -0.39 is 10.0 Å². The first-order valence-corrected chi connectivity index (χ1v) is 10.6. The van der Waals surface area contributed by atoms with E-state index in [1.165, 1.54) is 18.2 Å². The van der Waals surface area contributed by atoms with Crippen LogP contribution in [0.2, 0.25) is 0 Å². The Labute approximate surface area is 171 Å². The van der Waals surface area contributed by atoms with E-state index in [0.717, 1.165) is 5.56 Å². The molecule has 0 aliphatic heterocycles. The van der Waals surface area contributed by atoms with Crippen molar-refractivity contribution in [3.05, 3.63) is 54.1 Å². The molecule has 0 bridgehead atoms. The maximum atomic E-state index is 12.3. The predicted molar refractivity (Wildman–Crippen MR) is 114 cm³/mol. The molecule has 0 fully saturated rings. The van der Waals surface area contributed by atoms with Crippen LogP contribution in [0.15, 0.2) is 53.4 Å². The van der Waals surface area contributed by atoms with Crippen LogP contribution < -0.4 is 19.5 Å². The second kappa shape index (κ2) is 10.1. The maximum Gasteiger partial charge on any atom is 0.248 e. The number of hydrogen-bond acceptors (Lipinski definition) is 5. The smallest absolute Gasteiger partial charge is 0.248 e. The van der Waals surface area contributed by atoms with Gasteiger partial charge in [-0.3, -0.25) is 4.79 Å². The Balaban J connectivity index is 2.03. The molecular formula is C21H26N2O5S. The van der Waals surface area contributed by atoms with Crippen LogP contribution in [-0.4, -0.2) is 34.6 Å². The van der Waals surface area contributed by atoms with E-state index >= 15 is 0 Å². The van der Waals surface area contributed by atoms with Crippen LogP contribution in [-0.2, 0) is 14.8 Å². The summed E-state index contributed by atoms with van der Waals surface area (Å²) < 4.78 is 37.5. The molecule has 0 heterocycles. The fraction of sp³-hybridized carbons (Fsp3) is 0.286. The largest absolute Gasteiger partial charge is 0.493 e. The van der Waals surface area contributed by atoms with Gasteiger partial charge in [0.25, 0.3) is 0 Å². The highest BCUT2D eigenvalue weighted by atomic mass is 32.2. The number of carbonyl (C=O) groups is 1. The highest BCUT2D eigenvalue weighted by Crippen LogP contribution is 2.28. The molecule has 156 valence electrons. The molecule has 0 aliphatic carbocycles. The first-order valence-electron chi connectivity index (χ1n) is 9.12. The number of benzene rings is 2. The molecule has 8 heteroatoms. The lowest BCUT2D eigenvalue weighted by Crippen LogP contribution is -2.31. The zero-order chi connectivity index (χ0) is 21.4. The average molecular weight is 419 g/mol. The number of ether oxygens (including phenoxy) is 2. The molecule has 1 unspecified atom stereocenters. The van der Waals surface area contributed by atoms with Crippen LogP contribution in [0.4, 0.5) is 5.69 Å². The van der Waals surface area contributed by atoms with Crippen LogP contribution in [0.1, 0.15) is 25.8 Å². The second-order valence-corrected chi connectivity index (χ2v) is 8.11. The Kier molecular flexibility index (Phi) is 7.81. The number of rotatable bonds is 9. The Morgan fingerprint density at radius 1 is 1.07 bits per heavy atom. The predicted octanol–water partition coefficient (Wildman–Crippen LogP) is 3.43. The van der Waals surface area contributed by atoms with E-state index in [1.807, 2.05) is 6.92 Å². The summed E-state index contributed by atoms with van der Waals surface area (Å²) in [6, 6.07) is 11.2. The number of methoxy groups -OCH3 is 2. The van der Waals surface area contributed by atoms with Gasteiger partial charge in [-0.2, -0.15) is 0 Å². The van der Waals surface area contributed by atoms with Crippen molar-refractivity contribution in [2.45, 2.75) is 31.2 Å². The Morgan fingerprint density at radius 2 is 1.72 bits per heavy atom. The minimum atomic E-state index is -3.57. The minimum absolute atomic E-state index is 0.150. The molecule has 0 spiro atoms. The molecule has 0 aliphatic rings. The quantitative estimate of drug-likeness (QED) is 0.609. The van der Waals surface area contributed by atoms with Crippen LogP contribution >= 0.6 is 0 Å². The summed E-state index contributed by atoms with van der Waals surface area (Å²) in [5, 5.41) is 2.70. The summed E-state index contributed by atoms with van der Waals surface area (Å²) in [5.74, 6) is 0.831. The van der Waals surface area contributed by atoms with E-state index in [-0.39, 0.29) is 16.8 Å². The molecule has 29 heavy (non-hydrogen) atoms. The van der Waals surface area contributed by atoms with Gasteiger partial charge in [-0.1, -0.05) is 13.0 Å². The fourth-order valence-corrected chi connectivity index (χ4v) is 3.77. The molecule has 2 aromatic rings. The van der Waals surface area contributed by atoms with E-state index in [9.17, 15) is 13.2 Å². The minimum Gasteiger partial charge on any atom is -0.493 e. The van der Waals surface area contributed by atoms with Crippen molar-refractivity contribution in [1.82, 2.24) is 4.72 Å². The van der Waals surface area contributed by atoms with Crippen molar-refractivity contribution in [3.63, 3.8) is 0 Å². The first kappa shape index (κ1) is 22.4. The van der Waals surface area contributed by atoms with Crippen molar-refractivity contribution < 1.29 is 22.7 Å². The van der Waals surface area contributed by atoms with Crippen molar-refractivity contribution in [3.8, 4) is 11.5 Å². The number of anilines is 1. The molecular weight excluding hydrogens is 392 g/mol. The topological polar surface area (TPSA) is 93.7 Å². The molecule has 2 aromatic carbocycles. The zero-order valence-electron chi connectivity index (χ0n) is 16.9. The summed E-state index contributed by atoms with van der Waals surface area (Å²) in [4.78, 5) is 12.3. The first-order chi connectivity index (χ1) is 13.8. The Hall–Kier alpha value is -2.84. The van der Waals surface area contributed by atoms with Crippen molar-refractivity contribution >= 4 is 27.7 Å². The van der Waals surface area contributed by atoms with Crippen LogP contribution in [0.3, 0.4) is 0 Å². The molecule has 7 nitrogen and oxygen atoms in total. The van der Waals surface area contributed by atoms with Gasteiger partial charge in [-0.15, -0.1) is 0 Å². The summed E-state index contributed by atoms with van der Waals surface area (Å²) in [6.45, 7) is 3.71. The van der Waals surface area contributed by atoms with E-state index in [0.29, 0.717) is 23.6 Å². The molecule has 0 radical (unpaired) electrons. The van der Waals surface area contributed by atoms with Gasteiger partial charge in [0.05, 0.1) is 19.1 Å².